The summed E-state index contributed by atoms with van der Waals surface area (Å²) in [6.07, 6.45) is 3.52. The first-order valence-electron chi connectivity index (χ1n) is 7.36. The lowest BCUT2D eigenvalue weighted by atomic mass is 10.2. The van der Waals surface area contributed by atoms with Gasteiger partial charge in [0.15, 0.2) is 0 Å². The van der Waals surface area contributed by atoms with Gasteiger partial charge in [0.25, 0.3) is 5.78 Å². The maximum absolute atomic E-state index is 6.18. The van der Waals surface area contributed by atoms with Gasteiger partial charge in [-0.15, -0.1) is 11.8 Å². The number of nitrogens with zero attached hydrogens (tertiary/aromatic N) is 4. The van der Waals surface area contributed by atoms with Gasteiger partial charge in [-0.1, -0.05) is 31.0 Å². The van der Waals surface area contributed by atoms with Gasteiger partial charge in [-0.25, -0.2) is 4.98 Å². The molecule has 3 rings (SSSR count). The van der Waals surface area contributed by atoms with Crippen molar-refractivity contribution in [2.75, 3.05) is 7.11 Å². The van der Waals surface area contributed by atoms with Crippen LogP contribution in [0.5, 0.6) is 5.75 Å². The molecule has 0 amide bonds. The number of fused-ring (bicyclic) bond motifs is 1. The smallest absolute Gasteiger partial charge is 0.253 e. The van der Waals surface area contributed by atoms with Crippen molar-refractivity contribution in [2.45, 2.75) is 30.5 Å². The lowest BCUT2D eigenvalue weighted by Gasteiger charge is -2.08. The highest BCUT2D eigenvalue weighted by molar-refractivity contribution is 7.98. The lowest BCUT2D eigenvalue weighted by molar-refractivity contribution is 0.415. The molecule has 3 aromatic rings. The molecule has 0 radical (unpaired) electrons. The number of hydrogen-bond acceptors (Lipinski definition) is 5. The molecule has 0 spiro atoms. The summed E-state index contributed by atoms with van der Waals surface area (Å²) >= 11 is 7.87. The first-order valence-corrected chi connectivity index (χ1v) is 8.72. The summed E-state index contributed by atoms with van der Waals surface area (Å²) < 4.78 is 6.96. The van der Waals surface area contributed by atoms with E-state index in [1.54, 1.807) is 23.4 Å². The summed E-state index contributed by atoms with van der Waals surface area (Å²) in [6.45, 7) is 2.14. The number of thioether (sulfide) groups is 1. The monoisotopic (exact) mass is 348 g/mol. The molecule has 0 saturated carbocycles. The Bertz CT molecular complexity index is 821. The van der Waals surface area contributed by atoms with E-state index in [9.17, 15) is 0 Å². The minimum atomic E-state index is 0.623. The molecule has 120 valence electrons. The van der Waals surface area contributed by atoms with E-state index in [0.29, 0.717) is 16.5 Å². The number of halogens is 1. The quantitative estimate of drug-likeness (QED) is 0.497. The van der Waals surface area contributed by atoms with Crippen molar-refractivity contribution in [1.29, 1.82) is 0 Å². The van der Waals surface area contributed by atoms with Gasteiger partial charge in [0, 0.05) is 11.4 Å². The Hall–Kier alpha value is -1.79. The molecule has 5 nitrogen and oxygen atoms in total. The molecule has 0 bridgehead atoms. The number of aromatic nitrogens is 4. The number of rotatable bonds is 6. The molecule has 0 aliphatic rings. The summed E-state index contributed by atoms with van der Waals surface area (Å²) in [5, 5.41) is 5.91. The minimum absolute atomic E-state index is 0.623. The highest BCUT2D eigenvalue weighted by Gasteiger charge is 2.09. The average Bonchev–Trinajstić information content (AvgIpc) is 3.01. The Morgan fingerprint density at radius 3 is 2.91 bits per heavy atom. The molecule has 0 aliphatic heterocycles. The van der Waals surface area contributed by atoms with Crippen LogP contribution in [0.2, 0.25) is 5.02 Å². The fourth-order valence-electron chi connectivity index (χ4n) is 2.28. The Labute approximate surface area is 144 Å². The van der Waals surface area contributed by atoms with Crippen LogP contribution in [-0.4, -0.2) is 26.7 Å². The largest absolute Gasteiger partial charge is 0.495 e. The SMILES string of the molecule is CCCc1cc(SCc2ccc(OC)c(Cl)c2)n2ncnc2n1. The fourth-order valence-corrected chi connectivity index (χ4v) is 3.52. The number of hydrogen-bond donors (Lipinski definition) is 0. The van der Waals surface area contributed by atoms with Gasteiger partial charge in [0.05, 0.1) is 12.1 Å². The number of ether oxygens (including phenoxy) is 1. The van der Waals surface area contributed by atoms with Crippen LogP contribution in [0.4, 0.5) is 0 Å². The maximum Gasteiger partial charge on any atom is 0.253 e. The third kappa shape index (κ3) is 3.59. The van der Waals surface area contributed by atoms with Crippen LogP contribution in [0.1, 0.15) is 24.6 Å². The Morgan fingerprint density at radius 2 is 2.17 bits per heavy atom. The first kappa shape index (κ1) is 16.1. The molecule has 0 unspecified atom stereocenters. The van der Waals surface area contributed by atoms with Crippen molar-refractivity contribution in [2.24, 2.45) is 0 Å². The molecular formula is C16H17ClN4OS. The molecule has 0 atom stereocenters. The van der Waals surface area contributed by atoms with Gasteiger partial charge in [0.1, 0.15) is 17.1 Å². The van der Waals surface area contributed by atoms with Crippen molar-refractivity contribution in [3.05, 3.63) is 46.9 Å². The van der Waals surface area contributed by atoms with Crippen LogP contribution in [0.25, 0.3) is 5.78 Å². The summed E-state index contributed by atoms with van der Waals surface area (Å²) in [4.78, 5) is 8.72. The second-order valence-electron chi connectivity index (χ2n) is 5.07. The van der Waals surface area contributed by atoms with Crippen molar-refractivity contribution >= 4 is 29.1 Å². The zero-order valence-electron chi connectivity index (χ0n) is 13.0. The van der Waals surface area contributed by atoms with E-state index in [0.717, 1.165) is 34.9 Å². The third-order valence-electron chi connectivity index (χ3n) is 3.38. The van der Waals surface area contributed by atoms with Crippen LogP contribution in [0.15, 0.2) is 35.6 Å². The van der Waals surface area contributed by atoms with Crippen LogP contribution in [0.3, 0.4) is 0 Å². The molecule has 0 fully saturated rings. The Kier molecular flexibility index (Phi) is 5.03. The van der Waals surface area contributed by atoms with E-state index in [2.05, 4.69) is 28.1 Å². The molecular weight excluding hydrogens is 332 g/mol. The van der Waals surface area contributed by atoms with E-state index in [-0.39, 0.29) is 0 Å². The van der Waals surface area contributed by atoms with Gasteiger partial charge in [-0.3, -0.25) is 0 Å². The van der Waals surface area contributed by atoms with Crippen molar-refractivity contribution in [3.8, 4) is 5.75 Å². The zero-order chi connectivity index (χ0) is 16.2. The van der Waals surface area contributed by atoms with Gasteiger partial charge < -0.3 is 4.74 Å². The van der Waals surface area contributed by atoms with Crippen molar-refractivity contribution < 1.29 is 4.74 Å². The van der Waals surface area contributed by atoms with E-state index >= 15 is 0 Å². The molecule has 1 aromatic carbocycles. The average molecular weight is 349 g/mol. The van der Waals surface area contributed by atoms with Gasteiger partial charge in [-0.2, -0.15) is 14.6 Å². The van der Waals surface area contributed by atoms with Crippen LogP contribution < -0.4 is 4.74 Å². The third-order valence-corrected chi connectivity index (χ3v) is 4.74. The normalized spacial score (nSPS) is 11.1. The van der Waals surface area contributed by atoms with E-state index in [4.69, 9.17) is 16.3 Å². The predicted molar refractivity (Wildman–Crippen MR) is 92.3 cm³/mol. The molecule has 2 aromatic heterocycles. The minimum Gasteiger partial charge on any atom is -0.495 e. The summed E-state index contributed by atoms with van der Waals surface area (Å²) in [6, 6.07) is 7.92. The fraction of sp³-hybridized carbons (Fsp3) is 0.312. The van der Waals surface area contributed by atoms with E-state index < -0.39 is 0 Å². The van der Waals surface area contributed by atoms with E-state index in [1.807, 2.05) is 18.2 Å². The molecule has 0 aliphatic carbocycles. The summed E-state index contributed by atoms with van der Waals surface area (Å²) in [5.41, 5.74) is 2.17. The number of benzene rings is 1. The van der Waals surface area contributed by atoms with Gasteiger partial charge in [0.2, 0.25) is 0 Å². The Morgan fingerprint density at radius 1 is 1.30 bits per heavy atom. The van der Waals surface area contributed by atoms with Crippen LogP contribution >= 0.6 is 23.4 Å². The number of aryl methyl sites for hydroxylation is 1. The zero-order valence-corrected chi connectivity index (χ0v) is 14.6. The highest BCUT2D eigenvalue weighted by atomic mass is 35.5. The van der Waals surface area contributed by atoms with Gasteiger partial charge in [-0.05, 0) is 30.2 Å². The van der Waals surface area contributed by atoms with Crippen LogP contribution in [0, 0.1) is 0 Å². The second kappa shape index (κ2) is 7.19. The topological polar surface area (TPSA) is 52.3 Å². The first-order chi connectivity index (χ1) is 11.2. The van der Waals surface area contributed by atoms with Gasteiger partial charge >= 0.3 is 0 Å². The second-order valence-corrected chi connectivity index (χ2v) is 6.47. The standard InChI is InChI=1S/C16H17ClN4OS/c1-3-4-12-8-15(21-16(20-12)18-10-19-21)23-9-11-5-6-14(22-2)13(17)7-11/h5-8,10H,3-4,9H2,1-2H3. The van der Waals surface area contributed by atoms with Crippen molar-refractivity contribution in [3.63, 3.8) is 0 Å². The summed E-state index contributed by atoms with van der Waals surface area (Å²) in [7, 11) is 1.61. The maximum atomic E-state index is 6.18. The molecule has 0 N–H and O–H groups in total. The Balaban J connectivity index is 1.83. The van der Waals surface area contributed by atoms with Crippen molar-refractivity contribution in [1.82, 2.24) is 19.6 Å². The molecule has 0 saturated heterocycles. The summed E-state index contributed by atoms with van der Waals surface area (Å²) in [5.74, 6) is 2.12. The van der Waals surface area contributed by atoms with Crippen LogP contribution in [-0.2, 0) is 12.2 Å². The molecule has 7 heteroatoms. The number of methoxy groups -OCH3 is 1. The molecule has 2 heterocycles. The predicted octanol–water partition coefficient (Wildman–Crippen LogP) is 4.03. The molecule has 23 heavy (non-hydrogen) atoms. The lowest BCUT2D eigenvalue weighted by Crippen LogP contribution is -2.00. The van der Waals surface area contributed by atoms with E-state index in [1.165, 1.54) is 6.33 Å². The highest BCUT2D eigenvalue weighted by Crippen LogP contribution is 2.29.